The highest BCUT2D eigenvalue weighted by Crippen LogP contribution is 2.32. The van der Waals surface area contributed by atoms with E-state index in [1.807, 2.05) is 31.2 Å². The second-order valence-electron chi connectivity index (χ2n) is 5.15. The van der Waals surface area contributed by atoms with Crippen LogP contribution in [0.2, 0.25) is 0 Å². The van der Waals surface area contributed by atoms with Crippen molar-refractivity contribution in [3.8, 4) is 11.5 Å². The molecule has 2 aromatic rings. The van der Waals surface area contributed by atoms with Gasteiger partial charge in [0.25, 0.3) is 0 Å². The molecule has 0 unspecified atom stereocenters. The molecule has 3 nitrogen and oxygen atoms in total. The molecule has 1 aromatic carbocycles. The van der Waals surface area contributed by atoms with E-state index in [4.69, 9.17) is 10.5 Å². The van der Waals surface area contributed by atoms with Gasteiger partial charge < -0.3 is 10.5 Å². The van der Waals surface area contributed by atoms with Crippen molar-refractivity contribution in [2.24, 2.45) is 5.73 Å². The normalized spacial score (nSPS) is 12.5. The number of rotatable bonds is 4. The summed E-state index contributed by atoms with van der Waals surface area (Å²) in [6.45, 7) is 6.20. The first-order valence-corrected chi connectivity index (χ1v) is 7.45. The monoisotopic (exact) mass is 334 g/mol. The highest BCUT2D eigenvalue weighted by molar-refractivity contribution is 9.10. The molecule has 0 aliphatic carbocycles. The second-order valence-corrected chi connectivity index (χ2v) is 6.06. The molecule has 2 N–H and O–H groups in total. The summed E-state index contributed by atoms with van der Waals surface area (Å²) in [7, 11) is 0. The molecule has 4 heteroatoms. The van der Waals surface area contributed by atoms with Crippen LogP contribution in [0.4, 0.5) is 0 Å². The Morgan fingerprint density at radius 1 is 1.15 bits per heavy atom. The predicted molar refractivity (Wildman–Crippen MR) is 85.1 cm³/mol. The van der Waals surface area contributed by atoms with Gasteiger partial charge in [0.1, 0.15) is 11.5 Å². The molecule has 1 heterocycles. The maximum absolute atomic E-state index is 5.94. The Kier molecular flexibility index (Phi) is 4.78. The van der Waals surface area contributed by atoms with Gasteiger partial charge in [0.05, 0.1) is 11.9 Å². The summed E-state index contributed by atoms with van der Waals surface area (Å²) >= 11 is 3.49. The van der Waals surface area contributed by atoms with E-state index in [1.54, 1.807) is 6.20 Å². The first-order valence-electron chi connectivity index (χ1n) is 6.66. The molecule has 2 rings (SSSR count). The number of pyridine rings is 1. The van der Waals surface area contributed by atoms with Gasteiger partial charge in [-0.05, 0) is 48.7 Å². The fourth-order valence-electron chi connectivity index (χ4n) is 1.91. The topological polar surface area (TPSA) is 48.1 Å². The SMILES string of the molecule is CC(C)c1cc(Br)ccc1Oc1ccc([C@@H](C)N)nc1. The van der Waals surface area contributed by atoms with Crippen molar-refractivity contribution in [2.75, 3.05) is 0 Å². The Morgan fingerprint density at radius 3 is 2.45 bits per heavy atom. The van der Waals surface area contributed by atoms with Gasteiger partial charge in [-0.2, -0.15) is 0 Å². The molecule has 0 bridgehead atoms. The van der Waals surface area contributed by atoms with Gasteiger partial charge in [-0.3, -0.25) is 4.98 Å². The van der Waals surface area contributed by atoms with Gasteiger partial charge in [-0.1, -0.05) is 29.8 Å². The summed E-state index contributed by atoms with van der Waals surface area (Å²) in [4.78, 5) is 4.31. The van der Waals surface area contributed by atoms with Crippen LogP contribution in [0.5, 0.6) is 11.5 Å². The van der Waals surface area contributed by atoms with Crippen molar-refractivity contribution in [1.82, 2.24) is 4.98 Å². The van der Waals surface area contributed by atoms with Crippen LogP contribution < -0.4 is 10.5 Å². The number of hydrogen-bond donors (Lipinski definition) is 1. The molecule has 0 aliphatic heterocycles. The third kappa shape index (κ3) is 3.58. The molecular formula is C16H19BrN2O. The van der Waals surface area contributed by atoms with E-state index in [9.17, 15) is 0 Å². The van der Waals surface area contributed by atoms with Gasteiger partial charge >= 0.3 is 0 Å². The number of ether oxygens (including phenoxy) is 1. The van der Waals surface area contributed by atoms with Crippen LogP contribution >= 0.6 is 15.9 Å². The number of nitrogens with zero attached hydrogens (tertiary/aromatic N) is 1. The third-order valence-corrected chi connectivity index (χ3v) is 3.54. The Bertz CT molecular complexity index is 580. The Hall–Kier alpha value is -1.39. The average Bonchev–Trinajstić information content (AvgIpc) is 2.41. The fraction of sp³-hybridized carbons (Fsp3) is 0.312. The van der Waals surface area contributed by atoms with E-state index in [1.165, 1.54) is 0 Å². The Labute approximate surface area is 128 Å². The largest absolute Gasteiger partial charge is 0.455 e. The lowest BCUT2D eigenvalue weighted by Gasteiger charge is -2.14. The molecule has 0 saturated carbocycles. The molecule has 0 aliphatic rings. The van der Waals surface area contributed by atoms with Crippen molar-refractivity contribution < 1.29 is 4.74 Å². The van der Waals surface area contributed by atoms with Crippen molar-refractivity contribution >= 4 is 15.9 Å². The van der Waals surface area contributed by atoms with Crippen LogP contribution in [0, 0.1) is 0 Å². The van der Waals surface area contributed by atoms with Crippen LogP contribution in [0.15, 0.2) is 41.0 Å². The van der Waals surface area contributed by atoms with Gasteiger partial charge in [0.2, 0.25) is 0 Å². The zero-order valence-electron chi connectivity index (χ0n) is 11.9. The maximum atomic E-state index is 5.94. The lowest BCUT2D eigenvalue weighted by molar-refractivity contribution is 0.470. The summed E-state index contributed by atoms with van der Waals surface area (Å²) in [5, 5.41) is 0. The lowest BCUT2D eigenvalue weighted by Crippen LogP contribution is -2.06. The minimum Gasteiger partial charge on any atom is -0.455 e. The molecule has 0 saturated heterocycles. The number of hydrogen-bond acceptors (Lipinski definition) is 3. The predicted octanol–water partition coefficient (Wildman–Crippen LogP) is 4.78. The summed E-state index contributed by atoms with van der Waals surface area (Å²) in [6, 6.07) is 9.77. The molecule has 106 valence electrons. The summed E-state index contributed by atoms with van der Waals surface area (Å²) in [6.07, 6.45) is 1.71. The van der Waals surface area contributed by atoms with Crippen molar-refractivity contribution in [1.29, 1.82) is 0 Å². The fourth-order valence-corrected chi connectivity index (χ4v) is 2.29. The molecule has 0 radical (unpaired) electrons. The van der Waals surface area contributed by atoms with E-state index in [-0.39, 0.29) is 6.04 Å². The van der Waals surface area contributed by atoms with Crippen molar-refractivity contribution in [3.05, 3.63) is 52.3 Å². The minimum absolute atomic E-state index is 0.0667. The Balaban J connectivity index is 2.25. The molecule has 0 fully saturated rings. The number of benzene rings is 1. The van der Waals surface area contributed by atoms with Gasteiger partial charge in [-0.25, -0.2) is 0 Å². The zero-order valence-corrected chi connectivity index (χ0v) is 13.5. The van der Waals surface area contributed by atoms with Crippen LogP contribution in [0.1, 0.15) is 44.0 Å². The third-order valence-electron chi connectivity index (χ3n) is 3.05. The molecule has 1 atom stereocenters. The second kappa shape index (κ2) is 6.37. The maximum Gasteiger partial charge on any atom is 0.145 e. The molecule has 20 heavy (non-hydrogen) atoms. The smallest absolute Gasteiger partial charge is 0.145 e. The summed E-state index contributed by atoms with van der Waals surface area (Å²) < 4.78 is 6.99. The number of nitrogens with two attached hydrogens (primary N) is 1. The van der Waals surface area contributed by atoms with E-state index >= 15 is 0 Å². The number of halogens is 1. The Morgan fingerprint density at radius 2 is 1.90 bits per heavy atom. The first-order chi connectivity index (χ1) is 9.47. The van der Waals surface area contributed by atoms with Crippen LogP contribution in [0.3, 0.4) is 0 Å². The summed E-state index contributed by atoms with van der Waals surface area (Å²) in [5.41, 5.74) is 7.81. The van der Waals surface area contributed by atoms with E-state index in [2.05, 4.69) is 40.8 Å². The highest BCUT2D eigenvalue weighted by atomic mass is 79.9. The quantitative estimate of drug-likeness (QED) is 0.875. The lowest BCUT2D eigenvalue weighted by atomic mass is 10.0. The van der Waals surface area contributed by atoms with Gasteiger partial charge in [-0.15, -0.1) is 0 Å². The van der Waals surface area contributed by atoms with Crippen LogP contribution in [0.25, 0.3) is 0 Å². The minimum atomic E-state index is -0.0667. The zero-order chi connectivity index (χ0) is 14.7. The average molecular weight is 335 g/mol. The van der Waals surface area contributed by atoms with Crippen LogP contribution in [-0.4, -0.2) is 4.98 Å². The number of aromatic nitrogens is 1. The van der Waals surface area contributed by atoms with Crippen LogP contribution in [-0.2, 0) is 0 Å². The molecule has 1 aromatic heterocycles. The van der Waals surface area contributed by atoms with E-state index in [0.29, 0.717) is 5.92 Å². The van der Waals surface area contributed by atoms with E-state index in [0.717, 1.165) is 27.2 Å². The van der Waals surface area contributed by atoms with E-state index < -0.39 is 0 Å². The van der Waals surface area contributed by atoms with Crippen molar-refractivity contribution in [3.63, 3.8) is 0 Å². The highest BCUT2D eigenvalue weighted by Gasteiger charge is 2.10. The summed E-state index contributed by atoms with van der Waals surface area (Å²) in [5.74, 6) is 1.97. The first kappa shape index (κ1) is 15.0. The molecule has 0 amide bonds. The molecule has 0 spiro atoms. The van der Waals surface area contributed by atoms with Gasteiger partial charge in [0.15, 0.2) is 0 Å². The standard InChI is InChI=1S/C16H19BrN2O/c1-10(2)14-8-12(17)4-7-16(14)20-13-5-6-15(11(3)18)19-9-13/h4-11H,18H2,1-3H3/t11-/m1/s1. The van der Waals surface area contributed by atoms with Gasteiger partial charge in [0, 0.05) is 10.5 Å². The van der Waals surface area contributed by atoms with Crippen molar-refractivity contribution in [2.45, 2.75) is 32.7 Å². The molecular weight excluding hydrogens is 316 g/mol.